The number of amides is 1. The highest BCUT2D eigenvalue weighted by molar-refractivity contribution is 7.07. The van der Waals surface area contributed by atoms with Crippen molar-refractivity contribution in [1.29, 1.82) is 5.26 Å². The van der Waals surface area contributed by atoms with E-state index in [2.05, 4.69) is 10.1 Å². The van der Waals surface area contributed by atoms with Crippen LogP contribution in [-0.2, 0) is 14.3 Å². The summed E-state index contributed by atoms with van der Waals surface area (Å²) in [4.78, 5) is 37.1. The molecule has 0 bridgehead atoms. The maximum absolute atomic E-state index is 13.9. The molecule has 29 heavy (non-hydrogen) atoms. The molecule has 1 aromatic carbocycles. The van der Waals surface area contributed by atoms with Crippen LogP contribution in [0.3, 0.4) is 0 Å². The zero-order chi connectivity index (χ0) is 21.3. The number of aromatic nitrogens is 1. The number of ether oxygens (including phenoxy) is 1. The summed E-state index contributed by atoms with van der Waals surface area (Å²) in [5, 5.41) is 12.2. The number of nitrogens with zero attached hydrogens (tertiary/aromatic N) is 2. The Hall–Kier alpha value is -3.71. The van der Waals surface area contributed by atoms with Crippen molar-refractivity contribution in [2.45, 2.75) is 5.92 Å². The number of fused-ring (bicyclic) bond motifs is 1. The highest BCUT2D eigenvalue weighted by Gasteiger charge is 2.35. The van der Waals surface area contributed by atoms with Gasteiger partial charge in [0.15, 0.2) is 0 Å². The largest absolute Gasteiger partial charge is 0.466 e. The minimum atomic E-state index is -0.986. The number of nitriles is 1. The number of benzene rings is 1. The van der Waals surface area contributed by atoms with Gasteiger partial charge >= 0.3 is 5.97 Å². The van der Waals surface area contributed by atoms with Crippen LogP contribution >= 0.6 is 11.3 Å². The molecule has 0 spiro atoms. The number of carbonyl (C=O) groups is 2. The minimum absolute atomic E-state index is 0.0200. The fourth-order valence-electron chi connectivity index (χ4n) is 3.09. The molecule has 0 saturated carbocycles. The van der Waals surface area contributed by atoms with Gasteiger partial charge in [0.05, 0.1) is 30.2 Å². The summed E-state index contributed by atoms with van der Waals surface area (Å²) in [7, 11) is 2.55. The van der Waals surface area contributed by atoms with Crippen molar-refractivity contribution in [3.05, 3.63) is 60.8 Å². The summed E-state index contributed by atoms with van der Waals surface area (Å²) in [5.41, 5.74) is 5.74. The molecule has 2 heterocycles. The van der Waals surface area contributed by atoms with Crippen LogP contribution < -0.4 is 25.8 Å². The third-order valence-electron chi connectivity index (χ3n) is 4.37. The first kappa shape index (κ1) is 20.0. The molecule has 1 aliphatic heterocycles. The molecule has 8 nitrogen and oxygen atoms in total. The van der Waals surface area contributed by atoms with E-state index in [-0.39, 0.29) is 26.2 Å². The second kappa shape index (κ2) is 7.73. The number of allylic oxidation sites excluding steroid dienone is 1. The van der Waals surface area contributed by atoms with Crippen molar-refractivity contribution in [1.82, 2.24) is 9.88 Å². The number of carbonyl (C=O) groups excluding carboxylic acids is 2. The predicted molar refractivity (Wildman–Crippen MR) is 104 cm³/mol. The average molecular weight is 414 g/mol. The lowest BCUT2D eigenvalue weighted by molar-refractivity contribution is -0.133. The number of methoxy groups -OCH3 is 1. The van der Waals surface area contributed by atoms with Gasteiger partial charge in [0.1, 0.15) is 20.8 Å². The number of rotatable bonds is 3. The highest BCUT2D eigenvalue weighted by Crippen LogP contribution is 2.36. The van der Waals surface area contributed by atoms with E-state index in [1.54, 1.807) is 6.07 Å². The quantitative estimate of drug-likeness (QED) is 0.643. The molecular weight excluding hydrogens is 399 g/mol. The van der Waals surface area contributed by atoms with Crippen molar-refractivity contribution in [2.75, 3.05) is 14.2 Å². The van der Waals surface area contributed by atoms with Crippen LogP contribution in [0.5, 0.6) is 0 Å². The molecule has 1 amide bonds. The Labute approximate surface area is 167 Å². The Morgan fingerprint density at radius 1 is 1.45 bits per heavy atom. The second-order valence-electron chi connectivity index (χ2n) is 5.97. The first-order valence-corrected chi connectivity index (χ1v) is 9.09. The van der Waals surface area contributed by atoms with Gasteiger partial charge in [-0.2, -0.15) is 5.26 Å². The highest BCUT2D eigenvalue weighted by atomic mass is 32.1. The summed E-state index contributed by atoms with van der Waals surface area (Å²) < 4.78 is 19.5. The van der Waals surface area contributed by atoms with Gasteiger partial charge < -0.3 is 15.8 Å². The van der Waals surface area contributed by atoms with E-state index in [4.69, 9.17) is 5.73 Å². The molecule has 2 aromatic rings. The number of nitrogens with two attached hydrogens (primary N) is 1. The molecule has 1 atom stereocenters. The summed E-state index contributed by atoms with van der Waals surface area (Å²) in [5.74, 6) is -3.05. The summed E-state index contributed by atoms with van der Waals surface area (Å²) in [6.45, 7) is 0. The van der Waals surface area contributed by atoms with Gasteiger partial charge in [0.25, 0.3) is 11.5 Å². The molecule has 0 aliphatic carbocycles. The van der Waals surface area contributed by atoms with Crippen LogP contribution in [0, 0.1) is 17.1 Å². The van der Waals surface area contributed by atoms with E-state index in [9.17, 15) is 24.0 Å². The van der Waals surface area contributed by atoms with E-state index in [0.717, 1.165) is 29.1 Å². The van der Waals surface area contributed by atoms with Crippen molar-refractivity contribution in [2.24, 2.45) is 5.73 Å². The predicted octanol–water partition coefficient (Wildman–Crippen LogP) is -0.653. The number of nitrogens with one attached hydrogen (secondary N) is 1. The molecule has 3 rings (SSSR count). The van der Waals surface area contributed by atoms with Crippen molar-refractivity contribution < 1.29 is 18.7 Å². The fraction of sp³-hybridized carbons (Fsp3) is 0.158. The van der Waals surface area contributed by atoms with Gasteiger partial charge in [-0.25, -0.2) is 9.18 Å². The Kier molecular flexibility index (Phi) is 5.34. The van der Waals surface area contributed by atoms with Gasteiger partial charge in [-0.1, -0.05) is 12.1 Å². The minimum Gasteiger partial charge on any atom is -0.466 e. The zero-order valence-corrected chi connectivity index (χ0v) is 16.2. The second-order valence-corrected chi connectivity index (χ2v) is 7.00. The normalized spacial score (nSPS) is 16.3. The summed E-state index contributed by atoms with van der Waals surface area (Å²) in [6.07, 6.45) is 0.982. The number of hydrogen-bond donors (Lipinski definition) is 2. The molecule has 3 N–H and O–H groups in total. The van der Waals surface area contributed by atoms with E-state index in [1.165, 1.54) is 25.2 Å². The third kappa shape index (κ3) is 3.32. The SMILES string of the molecule is CNC(=O)C1=c2s/c(=C\C(=O)OC)c(=O)n2C(N)=C(C#N)[C@H]1c1cccc(F)c1. The Morgan fingerprint density at radius 3 is 2.76 bits per heavy atom. The number of esters is 1. The zero-order valence-electron chi connectivity index (χ0n) is 15.4. The lowest BCUT2D eigenvalue weighted by atomic mass is 9.83. The van der Waals surface area contributed by atoms with Crippen LogP contribution in [0.25, 0.3) is 17.5 Å². The molecule has 0 saturated heterocycles. The van der Waals surface area contributed by atoms with Crippen LogP contribution in [0.2, 0.25) is 0 Å². The maximum atomic E-state index is 13.9. The molecule has 1 aliphatic rings. The van der Waals surface area contributed by atoms with E-state index in [0.29, 0.717) is 5.56 Å². The fourth-order valence-corrected chi connectivity index (χ4v) is 4.22. The molecular formula is C19H15FN4O4S. The first-order chi connectivity index (χ1) is 13.8. The number of thiazole rings is 1. The molecule has 0 fully saturated rings. The molecule has 148 valence electrons. The Balaban J connectivity index is 2.50. The smallest absolute Gasteiger partial charge is 0.332 e. The standard InChI is InChI=1S/C19H15FN4O4S/c1-23-17(26)15-14(9-4-3-5-10(20)6-9)11(8-21)16(22)24-18(27)12(29-19(15)24)7-13(25)28-2/h3-7,14H,22H2,1-2H3,(H,23,26)/b12-7-/t14-/m1/s1. The van der Waals surface area contributed by atoms with Gasteiger partial charge in [0.2, 0.25) is 0 Å². The van der Waals surface area contributed by atoms with E-state index >= 15 is 0 Å². The summed E-state index contributed by atoms with van der Waals surface area (Å²) >= 11 is 0.855. The van der Waals surface area contributed by atoms with E-state index in [1.807, 2.05) is 6.07 Å². The third-order valence-corrected chi connectivity index (χ3v) is 5.48. The Morgan fingerprint density at radius 2 is 2.17 bits per heavy atom. The van der Waals surface area contributed by atoms with Gasteiger partial charge in [0, 0.05) is 13.1 Å². The lowest BCUT2D eigenvalue weighted by Crippen LogP contribution is -2.41. The van der Waals surface area contributed by atoms with Gasteiger partial charge in [-0.15, -0.1) is 11.3 Å². The number of halogens is 1. The molecule has 10 heteroatoms. The van der Waals surface area contributed by atoms with Crippen molar-refractivity contribution >= 4 is 40.7 Å². The topological polar surface area (TPSA) is 127 Å². The van der Waals surface area contributed by atoms with Crippen LogP contribution in [0.15, 0.2) is 34.6 Å². The maximum Gasteiger partial charge on any atom is 0.332 e. The molecule has 0 radical (unpaired) electrons. The monoisotopic (exact) mass is 414 g/mol. The van der Waals surface area contributed by atoms with E-state index < -0.39 is 29.2 Å². The van der Waals surface area contributed by atoms with Crippen LogP contribution in [0.1, 0.15) is 11.5 Å². The van der Waals surface area contributed by atoms with Crippen LogP contribution in [-0.4, -0.2) is 30.6 Å². The number of hydrogen-bond acceptors (Lipinski definition) is 7. The van der Waals surface area contributed by atoms with Crippen molar-refractivity contribution in [3.63, 3.8) is 0 Å². The summed E-state index contributed by atoms with van der Waals surface area (Å²) in [6, 6.07) is 7.37. The molecule has 1 aromatic heterocycles. The van der Waals surface area contributed by atoms with Gasteiger partial charge in [-0.05, 0) is 17.7 Å². The molecule has 0 unspecified atom stereocenters. The average Bonchev–Trinajstić information content (AvgIpc) is 3.03. The van der Waals surface area contributed by atoms with Crippen LogP contribution in [0.4, 0.5) is 4.39 Å². The van der Waals surface area contributed by atoms with Crippen molar-refractivity contribution in [3.8, 4) is 6.07 Å². The Bertz CT molecular complexity index is 1280. The van der Waals surface area contributed by atoms with Gasteiger partial charge in [-0.3, -0.25) is 14.2 Å². The lowest BCUT2D eigenvalue weighted by Gasteiger charge is -2.24. The first-order valence-electron chi connectivity index (χ1n) is 8.27.